The zero-order valence-electron chi connectivity index (χ0n) is 22.9. The number of fused-ring (bicyclic) bond motifs is 1. The van der Waals surface area contributed by atoms with Crippen molar-refractivity contribution in [3.05, 3.63) is 42.5 Å². The van der Waals surface area contributed by atoms with Crippen molar-refractivity contribution in [3.63, 3.8) is 0 Å². The van der Waals surface area contributed by atoms with Crippen LogP contribution >= 0.6 is 7.52 Å². The van der Waals surface area contributed by atoms with Crippen LogP contribution in [0.2, 0.25) is 0 Å². The lowest BCUT2D eigenvalue weighted by molar-refractivity contribution is -0.191. The predicted octanol–water partition coefficient (Wildman–Crippen LogP) is 3.34. The van der Waals surface area contributed by atoms with Crippen molar-refractivity contribution in [2.24, 2.45) is 0 Å². The first-order valence-electron chi connectivity index (χ1n) is 12.2. The third-order valence-electron chi connectivity index (χ3n) is 5.30. The Kier molecular flexibility index (Phi) is 11.3. The molecule has 0 radical (unpaired) electrons. The SMILES string of the molecule is CCc1ccc(O[P@@](=O)(CO[C@H](C)Cn2cnc3c(N)ncnc32)NC(C)(C)C(=O)OC(C)C)cc1.O=C=O. The fourth-order valence-corrected chi connectivity index (χ4v) is 5.48. The molecular weight excluding hydrogens is 527 g/mol. The van der Waals surface area contributed by atoms with Crippen molar-refractivity contribution in [1.29, 1.82) is 0 Å². The standard InChI is InChI=1S/C24H35N6O5P.CO2/c1-7-18-8-10-19(11-9-18)35-36(32,29-24(5,6)23(31)34-16(2)3)15-33-17(4)12-30-14-28-20-21(25)26-13-27-22(20)30;2-1-3/h8-11,13-14,16-17H,7,12,15H2,1-6H3,(H,29,32)(H2,25,26,27);/t17-,36+;/m1./s1. The third-order valence-corrected chi connectivity index (χ3v) is 7.19. The number of rotatable bonds is 12. The Balaban J connectivity index is 0.00000170. The Morgan fingerprint density at radius 2 is 1.79 bits per heavy atom. The summed E-state index contributed by atoms with van der Waals surface area (Å²) in [6.45, 7) is 10.9. The average molecular weight is 563 g/mol. The largest absolute Gasteiger partial charge is 0.462 e. The van der Waals surface area contributed by atoms with Crippen molar-refractivity contribution in [2.45, 2.75) is 72.3 Å². The zero-order chi connectivity index (χ0) is 29.2. The van der Waals surface area contributed by atoms with Gasteiger partial charge < -0.3 is 24.3 Å². The maximum absolute atomic E-state index is 14.0. The third kappa shape index (κ3) is 9.26. The molecule has 3 rings (SSSR count). The average Bonchev–Trinajstić information content (AvgIpc) is 3.27. The number of nitrogen functional groups attached to an aromatic ring is 1. The molecule has 14 heteroatoms. The van der Waals surface area contributed by atoms with E-state index in [-0.39, 0.29) is 18.6 Å². The number of carbonyl (C=O) groups excluding carboxylic acids is 3. The van der Waals surface area contributed by atoms with Crippen molar-refractivity contribution >= 4 is 36.6 Å². The molecule has 1 aromatic carbocycles. The molecule has 13 nitrogen and oxygen atoms in total. The van der Waals surface area contributed by atoms with E-state index in [0.717, 1.165) is 12.0 Å². The second kappa shape index (κ2) is 14.0. The first-order valence-corrected chi connectivity index (χ1v) is 14.1. The Bertz CT molecular complexity index is 1320. The van der Waals surface area contributed by atoms with Gasteiger partial charge in [-0.3, -0.25) is 9.36 Å². The van der Waals surface area contributed by atoms with Crippen molar-refractivity contribution in [2.75, 3.05) is 12.1 Å². The molecule has 2 heterocycles. The van der Waals surface area contributed by atoms with Crippen LogP contribution in [0.15, 0.2) is 36.9 Å². The minimum Gasteiger partial charge on any atom is -0.462 e. The van der Waals surface area contributed by atoms with E-state index in [2.05, 4.69) is 20.0 Å². The van der Waals surface area contributed by atoms with Crippen LogP contribution in [-0.2, 0) is 41.4 Å². The number of carbonyl (C=O) groups is 1. The molecule has 0 saturated heterocycles. The Hall–Kier alpha value is -3.63. The lowest BCUT2D eigenvalue weighted by Crippen LogP contribution is -2.48. The number of benzene rings is 1. The number of imidazole rings is 1. The van der Waals surface area contributed by atoms with Gasteiger partial charge in [-0.2, -0.15) is 9.59 Å². The number of nitrogens with zero attached hydrogens (tertiary/aromatic N) is 4. The Labute approximate surface area is 227 Å². The van der Waals surface area contributed by atoms with Crippen molar-refractivity contribution in [3.8, 4) is 5.75 Å². The van der Waals surface area contributed by atoms with E-state index in [1.54, 1.807) is 50.7 Å². The fraction of sp³-hybridized carbons (Fsp3) is 0.480. The summed E-state index contributed by atoms with van der Waals surface area (Å²) >= 11 is 0. The van der Waals surface area contributed by atoms with E-state index in [4.69, 9.17) is 29.3 Å². The molecule has 2 aromatic heterocycles. The number of anilines is 1. The second-order valence-corrected chi connectivity index (χ2v) is 11.5. The molecule has 0 fully saturated rings. The monoisotopic (exact) mass is 562 g/mol. The first kappa shape index (κ1) is 31.6. The number of nitrogens with two attached hydrogens (primary N) is 1. The van der Waals surface area contributed by atoms with Crippen LogP contribution in [0.3, 0.4) is 0 Å². The number of aromatic nitrogens is 4. The van der Waals surface area contributed by atoms with Crippen LogP contribution in [0, 0.1) is 0 Å². The highest BCUT2D eigenvalue weighted by molar-refractivity contribution is 7.57. The maximum atomic E-state index is 14.0. The summed E-state index contributed by atoms with van der Waals surface area (Å²) < 4.78 is 33.0. The van der Waals surface area contributed by atoms with Crippen LogP contribution in [0.1, 0.15) is 47.1 Å². The number of aryl methyl sites for hydroxylation is 1. The minimum absolute atomic E-state index is 0.250. The van der Waals surface area contributed by atoms with Gasteiger partial charge in [0, 0.05) is 0 Å². The van der Waals surface area contributed by atoms with Crippen molar-refractivity contribution in [1.82, 2.24) is 24.6 Å². The number of hydrogen-bond donors (Lipinski definition) is 2. The van der Waals surface area contributed by atoms with Crippen LogP contribution in [-0.4, -0.2) is 55.7 Å². The Morgan fingerprint density at radius 1 is 1.15 bits per heavy atom. The summed E-state index contributed by atoms with van der Waals surface area (Å²) in [6.07, 6.45) is 3.08. The highest BCUT2D eigenvalue weighted by Gasteiger charge is 2.40. The van der Waals surface area contributed by atoms with Gasteiger partial charge in [0.05, 0.1) is 25.1 Å². The van der Waals surface area contributed by atoms with Gasteiger partial charge in [0.25, 0.3) is 0 Å². The highest BCUT2D eigenvalue weighted by Crippen LogP contribution is 2.45. The van der Waals surface area contributed by atoms with Gasteiger partial charge in [-0.15, -0.1) is 0 Å². The quantitative estimate of drug-likeness (QED) is 0.243. The molecule has 0 aliphatic rings. The molecular formula is C25H35N6O7P. The molecule has 0 amide bonds. The smallest absolute Gasteiger partial charge is 0.373 e. The summed E-state index contributed by atoms with van der Waals surface area (Å²) in [7, 11) is -3.73. The topological polar surface area (TPSA) is 178 Å². The van der Waals surface area contributed by atoms with E-state index >= 15 is 0 Å². The molecule has 212 valence electrons. The first-order chi connectivity index (χ1) is 18.3. The molecule has 39 heavy (non-hydrogen) atoms. The molecule has 0 spiro atoms. The predicted molar refractivity (Wildman–Crippen MR) is 143 cm³/mol. The maximum Gasteiger partial charge on any atom is 0.373 e. The van der Waals surface area contributed by atoms with Crippen LogP contribution < -0.4 is 15.3 Å². The van der Waals surface area contributed by atoms with Crippen LogP contribution in [0.4, 0.5) is 5.82 Å². The van der Waals surface area contributed by atoms with E-state index in [0.29, 0.717) is 29.3 Å². The number of ether oxygens (including phenoxy) is 2. The van der Waals surface area contributed by atoms with Gasteiger partial charge >= 0.3 is 19.6 Å². The highest BCUT2D eigenvalue weighted by atomic mass is 31.2. The summed E-state index contributed by atoms with van der Waals surface area (Å²) in [4.78, 5) is 41.3. The van der Waals surface area contributed by atoms with Crippen LogP contribution in [0.25, 0.3) is 11.2 Å². The van der Waals surface area contributed by atoms with E-state index in [9.17, 15) is 9.36 Å². The summed E-state index contributed by atoms with van der Waals surface area (Å²) in [5, 5.41) is 2.88. The molecule has 0 bridgehead atoms. The van der Waals surface area contributed by atoms with Crippen molar-refractivity contribution < 1.29 is 32.9 Å². The molecule has 0 aliphatic carbocycles. The van der Waals surface area contributed by atoms with E-state index < -0.39 is 25.1 Å². The van der Waals surface area contributed by atoms with E-state index in [1.165, 1.54) is 6.33 Å². The molecule has 3 aromatic rings. The Morgan fingerprint density at radius 3 is 2.38 bits per heavy atom. The summed E-state index contributed by atoms with van der Waals surface area (Å²) in [5.74, 6) is 0.150. The zero-order valence-corrected chi connectivity index (χ0v) is 23.8. The number of hydrogen-bond acceptors (Lipinski definition) is 11. The molecule has 0 aliphatic heterocycles. The minimum atomic E-state index is -3.73. The van der Waals surface area contributed by atoms with Gasteiger partial charge in [0.1, 0.15) is 29.5 Å². The van der Waals surface area contributed by atoms with E-state index in [1.807, 2.05) is 26.0 Å². The normalized spacial score (nSPS) is 13.6. The molecule has 0 unspecified atom stereocenters. The fourth-order valence-electron chi connectivity index (χ4n) is 3.46. The van der Waals surface area contributed by atoms with Gasteiger partial charge in [0.2, 0.25) is 0 Å². The lowest BCUT2D eigenvalue weighted by Gasteiger charge is -2.31. The molecule has 2 atom stereocenters. The molecule has 0 saturated carbocycles. The van der Waals surface area contributed by atoms with Gasteiger partial charge in [-0.05, 0) is 58.7 Å². The van der Waals surface area contributed by atoms with Gasteiger partial charge in [-0.25, -0.2) is 20.0 Å². The second-order valence-electron chi connectivity index (χ2n) is 9.47. The number of nitrogens with one attached hydrogen (secondary N) is 1. The van der Waals surface area contributed by atoms with Crippen LogP contribution in [0.5, 0.6) is 5.75 Å². The summed E-state index contributed by atoms with van der Waals surface area (Å²) in [6, 6.07) is 7.30. The number of esters is 1. The van der Waals surface area contributed by atoms with Gasteiger partial charge in [0.15, 0.2) is 11.5 Å². The lowest BCUT2D eigenvalue weighted by atomic mass is 10.1. The molecule has 3 N–H and O–H groups in total. The van der Waals surface area contributed by atoms with Gasteiger partial charge in [-0.1, -0.05) is 19.1 Å². The summed E-state index contributed by atoms with van der Waals surface area (Å²) in [5.41, 5.74) is 6.77.